The quantitative estimate of drug-likeness (QED) is 0.755. The first-order valence-corrected chi connectivity index (χ1v) is 6.81. The van der Waals surface area contributed by atoms with Gasteiger partial charge in [0.05, 0.1) is 0 Å². The average molecular weight is 252 g/mol. The van der Waals surface area contributed by atoms with Gasteiger partial charge in [0.1, 0.15) is 5.60 Å². The molecule has 92 valence electrons. The van der Waals surface area contributed by atoms with E-state index in [4.69, 9.17) is 0 Å². The summed E-state index contributed by atoms with van der Waals surface area (Å²) in [5.41, 5.74) is -0.475. The molecule has 0 aromatic carbocycles. The molecule has 0 radical (unpaired) electrons. The van der Waals surface area contributed by atoms with Crippen LogP contribution in [0.3, 0.4) is 0 Å². The Morgan fingerprint density at radius 3 is 2.33 bits per heavy atom. The summed E-state index contributed by atoms with van der Waals surface area (Å²) in [6.45, 7) is 9.55. The highest BCUT2D eigenvalue weighted by Gasteiger charge is 2.39. The summed E-state index contributed by atoms with van der Waals surface area (Å²) in [4.78, 5) is 0. The van der Waals surface area contributed by atoms with Crippen LogP contribution in [0.5, 0.6) is 0 Å². The van der Waals surface area contributed by atoms with E-state index in [1.54, 1.807) is 0 Å². The standard InChI is InChI=1S/C8H20N2OP2.C2H6/c1-2-3-4-9(12)5-8(11)6-10(13)7-8;1-2/h11H,2-7,12-13H2,1H3;1-2H3. The van der Waals surface area contributed by atoms with Gasteiger partial charge in [0.2, 0.25) is 0 Å². The highest BCUT2D eigenvalue weighted by Crippen LogP contribution is 2.25. The molecule has 0 aliphatic carbocycles. The molecular formula is C10H26N2OP2. The molecule has 0 amide bonds. The second kappa shape index (κ2) is 7.92. The number of nitrogens with zero attached hydrogens (tertiary/aromatic N) is 2. The summed E-state index contributed by atoms with van der Waals surface area (Å²) in [5, 5.41) is 9.94. The van der Waals surface area contributed by atoms with Gasteiger partial charge in [0.15, 0.2) is 0 Å². The van der Waals surface area contributed by atoms with Crippen molar-refractivity contribution < 1.29 is 5.11 Å². The minimum Gasteiger partial charge on any atom is -0.386 e. The molecule has 1 saturated heterocycles. The van der Waals surface area contributed by atoms with E-state index in [0.29, 0.717) is 0 Å². The van der Waals surface area contributed by atoms with E-state index < -0.39 is 5.60 Å². The number of rotatable bonds is 5. The van der Waals surface area contributed by atoms with E-state index >= 15 is 0 Å². The van der Waals surface area contributed by atoms with Crippen molar-refractivity contribution in [2.75, 3.05) is 26.2 Å². The molecule has 1 fully saturated rings. The van der Waals surface area contributed by atoms with Crippen molar-refractivity contribution in [3.8, 4) is 0 Å². The SMILES string of the molecule is CC.CCCCN(P)CC1(O)CN(P)C1. The van der Waals surface area contributed by atoms with Crippen molar-refractivity contribution in [2.45, 2.75) is 39.2 Å². The molecule has 1 aliphatic rings. The molecule has 1 heterocycles. The number of hydrogen-bond acceptors (Lipinski definition) is 3. The zero-order valence-electron chi connectivity index (χ0n) is 10.2. The minimum atomic E-state index is -0.475. The van der Waals surface area contributed by atoms with Gasteiger partial charge in [0.25, 0.3) is 0 Å². The predicted molar refractivity (Wildman–Crippen MR) is 73.8 cm³/mol. The van der Waals surface area contributed by atoms with Gasteiger partial charge in [-0.25, -0.2) is 0 Å². The topological polar surface area (TPSA) is 26.7 Å². The minimum absolute atomic E-state index is 0.475. The highest BCUT2D eigenvalue weighted by molar-refractivity contribution is 7.13. The molecule has 0 spiro atoms. The zero-order chi connectivity index (χ0) is 11.9. The lowest BCUT2D eigenvalue weighted by Gasteiger charge is -2.45. The van der Waals surface area contributed by atoms with Crippen LogP contribution in [0.25, 0.3) is 0 Å². The second-order valence-electron chi connectivity index (χ2n) is 3.95. The molecule has 0 aromatic rings. The molecule has 0 bridgehead atoms. The summed E-state index contributed by atoms with van der Waals surface area (Å²) >= 11 is 0. The van der Waals surface area contributed by atoms with E-state index in [1.165, 1.54) is 12.8 Å². The van der Waals surface area contributed by atoms with Gasteiger partial charge in [0, 0.05) is 26.2 Å². The maximum absolute atomic E-state index is 9.94. The van der Waals surface area contributed by atoms with E-state index in [0.717, 1.165) is 26.2 Å². The van der Waals surface area contributed by atoms with Crippen molar-refractivity contribution in [1.82, 2.24) is 9.34 Å². The summed E-state index contributed by atoms with van der Waals surface area (Å²) in [6.07, 6.45) is 2.41. The van der Waals surface area contributed by atoms with Crippen molar-refractivity contribution in [3.05, 3.63) is 0 Å². The maximum atomic E-state index is 9.94. The smallest absolute Gasteiger partial charge is 0.103 e. The summed E-state index contributed by atoms with van der Waals surface area (Å²) < 4.78 is 4.19. The van der Waals surface area contributed by atoms with E-state index in [-0.39, 0.29) is 0 Å². The molecule has 2 unspecified atom stereocenters. The van der Waals surface area contributed by atoms with Crippen LogP contribution in [-0.4, -0.2) is 46.2 Å². The molecule has 2 atom stereocenters. The van der Waals surface area contributed by atoms with Gasteiger partial charge in [-0.05, 0) is 6.42 Å². The van der Waals surface area contributed by atoms with E-state index in [2.05, 4.69) is 35.0 Å². The Hall–Kier alpha value is 0.740. The van der Waals surface area contributed by atoms with E-state index in [9.17, 15) is 5.11 Å². The van der Waals surface area contributed by atoms with Crippen molar-refractivity contribution in [1.29, 1.82) is 0 Å². The van der Waals surface area contributed by atoms with Crippen LogP contribution in [-0.2, 0) is 0 Å². The monoisotopic (exact) mass is 252 g/mol. The molecule has 15 heavy (non-hydrogen) atoms. The van der Waals surface area contributed by atoms with Gasteiger partial charge in [-0.3, -0.25) is 9.34 Å². The molecule has 0 aromatic heterocycles. The molecule has 1 rings (SSSR count). The Morgan fingerprint density at radius 1 is 1.40 bits per heavy atom. The number of hydrogen-bond donors (Lipinski definition) is 1. The first-order valence-electron chi connectivity index (χ1n) is 5.77. The van der Waals surface area contributed by atoms with Crippen molar-refractivity contribution >= 4 is 18.8 Å². The third-order valence-corrected chi connectivity index (χ3v) is 3.10. The summed E-state index contributed by atoms with van der Waals surface area (Å²) in [5.74, 6) is 0. The van der Waals surface area contributed by atoms with Crippen molar-refractivity contribution in [3.63, 3.8) is 0 Å². The van der Waals surface area contributed by atoms with Gasteiger partial charge >= 0.3 is 0 Å². The Bertz CT molecular complexity index is 164. The van der Waals surface area contributed by atoms with Crippen LogP contribution in [0.15, 0.2) is 0 Å². The molecule has 5 heteroatoms. The van der Waals surface area contributed by atoms with Crippen LogP contribution in [0.2, 0.25) is 0 Å². The van der Waals surface area contributed by atoms with Gasteiger partial charge in [-0.2, -0.15) is 0 Å². The van der Waals surface area contributed by atoms with Crippen LogP contribution in [0.4, 0.5) is 0 Å². The lowest BCUT2D eigenvalue weighted by atomic mass is 9.97. The summed E-state index contributed by atoms with van der Waals surface area (Å²) in [6, 6.07) is 0. The van der Waals surface area contributed by atoms with Crippen molar-refractivity contribution in [2.24, 2.45) is 0 Å². The fourth-order valence-electron chi connectivity index (χ4n) is 1.63. The third-order valence-electron chi connectivity index (χ3n) is 2.29. The predicted octanol–water partition coefficient (Wildman–Crippen LogP) is 1.74. The van der Waals surface area contributed by atoms with Crippen LogP contribution in [0.1, 0.15) is 33.6 Å². The maximum Gasteiger partial charge on any atom is 0.103 e. The Morgan fingerprint density at radius 2 is 1.93 bits per heavy atom. The molecule has 1 aliphatic heterocycles. The lowest BCUT2D eigenvalue weighted by molar-refractivity contribution is -0.0641. The Labute approximate surface area is 99.1 Å². The number of aliphatic hydroxyl groups is 1. The zero-order valence-corrected chi connectivity index (χ0v) is 12.5. The van der Waals surface area contributed by atoms with Gasteiger partial charge in [-0.1, -0.05) is 46.0 Å². The second-order valence-corrected chi connectivity index (χ2v) is 5.41. The number of β-amino-alcohol motifs (C(OH)–C–C–N with tert-alkyl or cyclic N) is 1. The number of unbranched alkanes of at least 4 members (excludes halogenated alkanes) is 1. The molecule has 1 N–H and O–H groups in total. The third kappa shape index (κ3) is 6.14. The van der Waals surface area contributed by atoms with Gasteiger partial charge in [-0.15, -0.1) is 0 Å². The first-order chi connectivity index (χ1) is 7.06. The lowest BCUT2D eigenvalue weighted by Crippen LogP contribution is -2.61. The largest absolute Gasteiger partial charge is 0.386 e. The van der Waals surface area contributed by atoms with Crippen LogP contribution in [0, 0.1) is 0 Å². The first kappa shape index (κ1) is 15.7. The fraction of sp³-hybridized carbons (Fsp3) is 1.00. The molecule has 3 nitrogen and oxygen atoms in total. The molecule has 0 saturated carbocycles. The van der Waals surface area contributed by atoms with Crippen LogP contribution >= 0.6 is 18.8 Å². The average Bonchev–Trinajstić information content (AvgIpc) is 2.15. The Kier molecular flexibility index (Phi) is 8.31. The van der Waals surface area contributed by atoms with Gasteiger partial charge < -0.3 is 5.11 Å². The van der Waals surface area contributed by atoms with Crippen LogP contribution < -0.4 is 0 Å². The fourth-order valence-corrected chi connectivity index (χ4v) is 2.83. The molecular weight excluding hydrogens is 226 g/mol. The van der Waals surface area contributed by atoms with E-state index in [1.807, 2.05) is 13.8 Å². The normalized spacial score (nSPS) is 19.4. The summed E-state index contributed by atoms with van der Waals surface area (Å²) in [7, 11) is 5.30. The highest BCUT2D eigenvalue weighted by atomic mass is 31.0. The Balaban J connectivity index is 0.000000921.